The maximum Gasteiger partial charge on any atom is 0.152 e. The van der Waals surface area contributed by atoms with Gasteiger partial charge in [-0.2, -0.15) is 0 Å². The molecule has 2 fully saturated rings. The molecule has 2 rings (SSSR count). The Morgan fingerprint density at radius 1 is 1.20 bits per heavy atom. The van der Waals surface area contributed by atoms with Crippen molar-refractivity contribution in [1.29, 1.82) is 0 Å². The first kappa shape index (κ1) is 6.55. The number of alkyl halides is 1. The number of fused-ring (bicyclic) bond motifs is 1. The molecule has 0 aromatic carbocycles. The van der Waals surface area contributed by atoms with Crippen molar-refractivity contribution in [2.45, 2.75) is 25.3 Å². The number of rotatable bonds is 0. The summed E-state index contributed by atoms with van der Waals surface area (Å²) < 4.78 is 23.2. The van der Waals surface area contributed by atoms with Crippen molar-refractivity contribution in [3.63, 3.8) is 0 Å². The first-order valence-corrected chi connectivity index (χ1v) is 3.66. The summed E-state index contributed by atoms with van der Waals surface area (Å²) in [7, 11) is 0. The van der Waals surface area contributed by atoms with Crippen molar-refractivity contribution in [1.82, 2.24) is 0 Å². The highest BCUT2D eigenvalue weighted by atomic mass is 19.1. The molecule has 2 aliphatic rings. The van der Waals surface area contributed by atoms with Gasteiger partial charge in [0, 0.05) is 5.92 Å². The zero-order valence-electron chi connectivity index (χ0n) is 5.92. The van der Waals surface area contributed by atoms with Gasteiger partial charge in [-0.15, -0.1) is 0 Å². The van der Waals surface area contributed by atoms with E-state index < -0.39 is 6.17 Å². The second-order valence-electron chi connectivity index (χ2n) is 3.09. The van der Waals surface area contributed by atoms with Gasteiger partial charge >= 0.3 is 0 Å². The first-order valence-electron chi connectivity index (χ1n) is 3.66. The van der Waals surface area contributed by atoms with Gasteiger partial charge in [0.2, 0.25) is 0 Å². The predicted octanol–water partition coefficient (Wildman–Crippen LogP) is 0.758. The minimum atomic E-state index is -0.894. The van der Waals surface area contributed by atoms with Crippen LogP contribution in [-0.2, 0) is 9.47 Å². The lowest BCUT2D eigenvalue weighted by Gasteiger charge is -2.09. The number of hydrogen-bond acceptors (Lipinski definition) is 2. The minimum Gasteiger partial charge on any atom is -0.372 e. The molecule has 2 nitrogen and oxygen atoms in total. The molecule has 10 heavy (non-hydrogen) atoms. The Morgan fingerprint density at radius 3 is 2.60 bits per heavy atom. The molecule has 58 valence electrons. The molecule has 0 unspecified atom stereocenters. The van der Waals surface area contributed by atoms with Gasteiger partial charge in [0.15, 0.2) is 6.17 Å². The van der Waals surface area contributed by atoms with Crippen molar-refractivity contribution in [2.24, 2.45) is 5.92 Å². The van der Waals surface area contributed by atoms with E-state index in [1.807, 2.05) is 6.92 Å². The van der Waals surface area contributed by atoms with Gasteiger partial charge in [-0.1, -0.05) is 6.92 Å². The Morgan fingerprint density at radius 2 is 1.90 bits per heavy atom. The van der Waals surface area contributed by atoms with Gasteiger partial charge in [0.05, 0.1) is 19.3 Å². The largest absolute Gasteiger partial charge is 0.372 e. The topological polar surface area (TPSA) is 18.5 Å². The Labute approximate surface area is 59.3 Å². The second-order valence-corrected chi connectivity index (χ2v) is 3.09. The van der Waals surface area contributed by atoms with Gasteiger partial charge in [0.1, 0.15) is 6.10 Å². The molecule has 0 aromatic rings. The number of halogens is 1. The van der Waals surface area contributed by atoms with Gasteiger partial charge in [-0.3, -0.25) is 0 Å². The highest BCUT2D eigenvalue weighted by Gasteiger charge is 2.45. The van der Waals surface area contributed by atoms with E-state index in [1.165, 1.54) is 0 Å². The molecule has 0 amide bonds. The fourth-order valence-corrected chi connectivity index (χ4v) is 1.64. The SMILES string of the molecule is C[C@@H]1CO[C@@H]2[C@H]1OC[C@@H]2F. The maximum atomic E-state index is 12.8. The van der Waals surface area contributed by atoms with Crippen molar-refractivity contribution in [2.75, 3.05) is 13.2 Å². The zero-order valence-corrected chi connectivity index (χ0v) is 5.92. The lowest BCUT2D eigenvalue weighted by molar-refractivity contribution is 0.0542. The summed E-state index contributed by atoms with van der Waals surface area (Å²) in [5, 5.41) is 0. The quantitative estimate of drug-likeness (QED) is 0.502. The van der Waals surface area contributed by atoms with E-state index in [0.29, 0.717) is 12.5 Å². The van der Waals surface area contributed by atoms with Crippen LogP contribution in [0.4, 0.5) is 4.39 Å². The standard InChI is InChI=1S/C7H11FO2/c1-4-2-9-7-5(8)3-10-6(4)7/h4-7H,2-3H2,1H3/t4-,5+,6+,7+/m1/s1. The lowest BCUT2D eigenvalue weighted by atomic mass is 10.0. The summed E-state index contributed by atoms with van der Waals surface area (Å²) in [6, 6.07) is 0. The highest BCUT2D eigenvalue weighted by molar-refractivity contribution is 4.92. The summed E-state index contributed by atoms with van der Waals surface area (Å²) in [4.78, 5) is 0. The maximum absolute atomic E-state index is 12.8. The van der Waals surface area contributed by atoms with E-state index in [1.54, 1.807) is 0 Å². The van der Waals surface area contributed by atoms with Crippen LogP contribution in [0.3, 0.4) is 0 Å². The molecule has 4 atom stereocenters. The fraction of sp³-hybridized carbons (Fsp3) is 1.00. The van der Waals surface area contributed by atoms with Crippen LogP contribution in [0.1, 0.15) is 6.92 Å². The molecular formula is C7H11FO2. The monoisotopic (exact) mass is 146 g/mol. The second kappa shape index (κ2) is 2.17. The van der Waals surface area contributed by atoms with Crippen LogP contribution in [0.2, 0.25) is 0 Å². The average molecular weight is 146 g/mol. The summed E-state index contributed by atoms with van der Waals surface area (Å²) in [6.07, 6.45) is -1.14. The third-order valence-corrected chi connectivity index (χ3v) is 2.24. The molecule has 2 aliphatic heterocycles. The van der Waals surface area contributed by atoms with Crippen molar-refractivity contribution >= 4 is 0 Å². The first-order chi connectivity index (χ1) is 4.79. The van der Waals surface area contributed by atoms with E-state index in [9.17, 15) is 4.39 Å². The van der Waals surface area contributed by atoms with Crippen LogP contribution in [0.15, 0.2) is 0 Å². The average Bonchev–Trinajstić information content (AvgIpc) is 2.41. The van der Waals surface area contributed by atoms with Crippen LogP contribution in [0.25, 0.3) is 0 Å². The Balaban J connectivity index is 2.09. The molecule has 0 aromatic heterocycles. The van der Waals surface area contributed by atoms with Crippen LogP contribution >= 0.6 is 0 Å². The van der Waals surface area contributed by atoms with E-state index in [4.69, 9.17) is 9.47 Å². The van der Waals surface area contributed by atoms with E-state index >= 15 is 0 Å². The van der Waals surface area contributed by atoms with Crippen LogP contribution in [-0.4, -0.2) is 31.6 Å². The summed E-state index contributed by atoms with van der Waals surface area (Å²) >= 11 is 0. The van der Waals surface area contributed by atoms with Crippen LogP contribution < -0.4 is 0 Å². The summed E-state index contributed by atoms with van der Waals surface area (Å²) in [6.45, 7) is 2.90. The van der Waals surface area contributed by atoms with Gasteiger partial charge in [-0.25, -0.2) is 4.39 Å². The van der Waals surface area contributed by atoms with Crippen LogP contribution in [0.5, 0.6) is 0 Å². The Bertz CT molecular complexity index is 124. The molecule has 0 N–H and O–H groups in total. The van der Waals surface area contributed by atoms with Crippen molar-refractivity contribution in [3.8, 4) is 0 Å². The Kier molecular flexibility index (Phi) is 1.42. The van der Waals surface area contributed by atoms with E-state index in [0.717, 1.165) is 0 Å². The molecular weight excluding hydrogens is 135 g/mol. The fourth-order valence-electron chi connectivity index (χ4n) is 1.64. The van der Waals surface area contributed by atoms with E-state index in [2.05, 4.69) is 0 Å². The lowest BCUT2D eigenvalue weighted by Crippen LogP contribution is -2.25. The van der Waals surface area contributed by atoms with Gasteiger partial charge < -0.3 is 9.47 Å². The summed E-state index contributed by atoms with van der Waals surface area (Å²) in [5.74, 6) is 0.366. The minimum absolute atomic E-state index is 0.0231. The zero-order chi connectivity index (χ0) is 7.14. The summed E-state index contributed by atoms with van der Waals surface area (Å²) in [5.41, 5.74) is 0. The van der Waals surface area contributed by atoms with Crippen LogP contribution in [0, 0.1) is 5.92 Å². The Hall–Kier alpha value is -0.150. The van der Waals surface area contributed by atoms with Gasteiger partial charge in [-0.05, 0) is 0 Å². The molecule has 2 heterocycles. The van der Waals surface area contributed by atoms with E-state index in [-0.39, 0.29) is 18.8 Å². The van der Waals surface area contributed by atoms with Crippen molar-refractivity contribution < 1.29 is 13.9 Å². The van der Waals surface area contributed by atoms with Crippen molar-refractivity contribution in [3.05, 3.63) is 0 Å². The third kappa shape index (κ3) is 0.772. The normalized spacial score (nSPS) is 53.4. The third-order valence-electron chi connectivity index (χ3n) is 2.24. The highest BCUT2D eigenvalue weighted by Crippen LogP contribution is 2.31. The molecule has 0 bridgehead atoms. The number of hydrogen-bond donors (Lipinski definition) is 0. The molecule has 3 heteroatoms. The molecule has 0 aliphatic carbocycles. The number of ether oxygens (including phenoxy) is 2. The predicted molar refractivity (Wildman–Crippen MR) is 33.5 cm³/mol. The molecule has 0 saturated carbocycles. The molecule has 0 spiro atoms. The molecule has 0 radical (unpaired) electrons. The smallest absolute Gasteiger partial charge is 0.152 e. The van der Waals surface area contributed by atoms with Gasteiger partial charge in [0.25, 0.3) is 0 Å². The molecule has 2 saturated heterocycles.